The van der Waals surface area contributed by atoms with Gasteiger partial charge in [-0.2, -0.15) is 0 Å². The lowest BCUT2D eigenvalue weighted by Gasteiger charge is -2.18. The molecule has 0 aromatic rings. The van der Waals surface area contributed by atoms with Crippen molar-refractivity contribution in [3.8, 4) is 0 Å². The Kier molecular flexibility index (Phi) is 4.18. The van der Waals surface area contributed by atoms with Gasteiger partial charge in [0, 0.05) is 6.04 Å². The lowest BCUT2D eigenvalue weighted by molar-refractivity contribution is 0.362. The van der Waals surface area contributed by atoms with Crippen molar-refractivity contribution in [3.05, 3.63) is 12.2 Å². The van der Waals surface area contributed by atoms with Crippen LogP contribution in [0.25, 0.3) is 0 Å². The van der Waals surface area contributed by atoms with Gasteiger partial charge >= 0.3 is 0 Å². The molecule has 0 bridgehead atoms. The van der Waals surface area contributed by atoms with Crippen LogP contribution >= 0.6 is 0 Å². The Labute approximate surface area is 89.0 Å². The quantitative estimate of drug-likeness (QED) is 0.536. The molecule has 0 aromatic carbocycles. The van der Waals surface area contributed by atoms with E-state index >= 15 is 0 Å². The Bertz CT molecular complexity index is 193. The van der Waals surface area contributed by atoms with Gasteiger partial charge in [-0.15, -0.1) is 0 Å². The number of hydrogen-bond donors (Lipinski definition) is 1. The van der Waals surface area contributed by atoms with Crippen LogP contribution in [0.4, 0.5) is 0 Å². The van der Waals surface area contributed by atoms with Gasteiger partial charge < -0.3 is 5.32 Å². The highest BCUT2D eigenvalue weighted by atomic mass is 14.9. The van der Waals surface area contributed by atoms with Crippen LogP contribution in [0.15, 0.2) is 12.2 Å². The molecule has 14 heavy (non-hydrogen) atoms. The van der Waals surface area contributed by atoms with Gasteiger partial charge in [0.05, 0.1) is 0 Å². The van der Waals surface area contributed by atoms with E-state index in [1.165, 1.54) is 19.3 Å². The van der Waals surface area contributed by atoms with Crippen molar-refractivity contribution in [1.29, 1.82) is 0 Å². The van der Waals surface area contributed by atoms with E-state index in [1.54, 1.807) is 0 Å². The van der Waals surface area contributed by atoms with Crippen molar-refractivity contribution in [2.24, 2.45) is 11.3 Å². The van der Waals surface area contributed by atoms with Gasteiger partial charge in [-0.1, -0.05) is 32.9 Å². The van der Waals surface area contributed by atoms with E-state index in [-0.39, 0.29) is 0 Å². The van der Waals surface area contributed by atoms with E-state index in [1.807, 2.05) is 0 Å². The van der Waals surface area contributed by atoms with Gasteiger partial charge in [0.2, 0.25) is 0 Å². The minimum Gasteiger partial charge on any atom is -0.313 e. The van der Waals surface area contributed by atoms with Crippen LogP contribution in [0, 0.1) is 11.3 Å². The molecule has 0 spiro atoms. The van der Waals surface area contributed by atoms with Crippen LogP contribution in [0.5, 0.6) is 0 Å². The molecule has 2 atom stereocenters. The Hall–Kier alpha value is -0.300. The molecular formula is C13H25N. The van der Waals surface area contributed by atoms with Crippen LogP contribution in [0.3, 0.4) is 0 Å². The Balaban J connectivity index is 2.25. The summed E-state index contributed by atoms with van der Waals surface area (Å²) in [5.41, 5.74) is 0.553. The summed E-state index contributed by atoms with van der Waals surface area (Å²) < 4.78 is 0. The van der Waals surface area contributed by atoms with E-state index in [4.69, 9.17) is 0 Å². The van der Waals surface area contributed by atoms with Crippen molar-refractivity contribution in [3.63, 3.8) is 0 Å². The summed E-state index contributed by atoms with van der Waals surface area (Å²) in [5, 5.41) is 3.67. The van der Waals surface area contributed by atoms with Gasteiger partial charge in [0.25, 0.3) is 0 Å². The van der Waals surface area contributed by atoms with E-state index in [0.29, 0.717) is 5.41 Å². The van der Waals surface area contributed by atoms with Crippen molar-refractivity contribution in [1.82, 2.24) is 5.32 Å². The fraction of sp³-hybridized carbons (Fsp3) is 0.846. The zero-order valence-electron chi connectivity index (χ0n) is 10.1. The monoisotopic (exact) mass is 195 g/mol. The molecule has 0 amide bonds. The maximum atomic E-state index is 3.67. The van der Waals surface area contributed by atoms with Crippen LogP contribution in [0.1, 0.15) is 47.0 Å². The molecule has 0 heterocycles. The molecule has 0 radical (unpaired) electrons. The molecular weight excluding hydrogens is 170 g/mol. The molecule has 0 saturated heterocycles. The summed E-state index contributed by atoms with van der Waals surface area (Å²) in [6.45, 7) is 10.4. The second-order valence-electron chi connectivity index (χ2n) is 5.47. The summed E-state index contributed by atoms with van der Waals surface area (Å²) in [7, 11) is 0. The number of hydrogen-bond acceptors (Lipinski definition) is 1. The normalized spacial score (nSPS) is 31.4. The minimum absolute atomic E-state index is 0.553. The first-order valence-corrected chi connectivity index (χ1v) is 5.90. The van der Waals surface area contributed by atoms with Crippen molar-refractivity contribution >= 4 is 0 Å². The molecule has 0 aliphatic heterocycles. The van der Waals surface area contributed by atoms with Crippen LogP contribution in [0.2, 0.25) is 0 Å². The second kappa shape index (κ2) is 4.97. The van der Waals surface area contributed by atoms with Crippen molar-refractivity contribution in [2.45, 2.75) is 53.0 Å². The van der Waals surface area contributed by atoms with Crippen LogP contribution in [-0.2, 0) is 0 Å². The van der Waals surface area contributed by atoms with E-state index < -0.39 is 0 Å². The lowest BCUT2D eigenvalue weighted by atomic mass is 9.91. The third kappa shape index (κ3) is 3.45. The van der Waals surface area contributed by atoms with E-state index in [2.05, 4.69) is 45.2 Å². The first-order chi connectivity index (χ1) is 6.55. The Morgan fingerprint density at radius 3 is 2.57 bits per heavy atom. The minimum atomic E-state index is 0.553. The predicted molar refractivity (Wildman–Crippen MR) is 63.4 cm³/mol. The molecule has 1 aliphatic rings. The smallest absolute Gasteiger partial charge is 0.00980 e. The van der Waals surface area contributed by atoms with Gasteiger partial charge in [0.1, 0.15) is 0 Å². The van der Waals surface area contributed by atoms with Gasteiger partial charge in [-0.05, 0) is 44.1 Å². The van der Waals surface area contributed by atoms with E-state index in [0.717, 1.165) is 18.5 Å². The van der Waals surface area contributed by atoms with Crippen molar-refractivity contribution < 1.29 is 0 Å². The standard InChI is InChI=1S/C13H25N/c1-5-6-7-8-14-12-10-13(3,4)9-11(12)2/h5-6,11-12,14H,7-10H2,1-4H3/b6-5+. The van der Waals surface area contributed by atoms with Gasteiger partial charge in [0.15, 0.2) is 0 Å². The topological polar surface area (TPSA) is 12.0 Å². The van der Waals surface area contributed by atoms with Gasteiger partial charge in [-0.25, -0.2) is 0 Å². The molecule has 1 nitrogen and oxygen atoms in total. The zero-order valence-corrected chi connectivity index (χ0v) is 10.1. The number of nitrogens with one attached hydrogen (secondary N) is 1. The predicted octanol–water partition coefficient (Wildman–Crippen LogP) is 3.37. The fourth-order valence-corrected chi connectivity index (χ4v) is 2.69. The molecule has 1 aliphatic carbocycles. The molecule has 0 aromatic heterocycles. The first-order valence-electron chi connectivity index (χ1n) is 5.90. The summed E-state index contributed by atoms with van der Waals surface area (Å²) in [4.78, 5) is 0. The molecule has 1 saturated carbocycles. The van der Waals surface area contributed by atoms with Crippen LogP contribution in [-0.4, -0.2) is 12.6 Å². The molecule has 1 fully saturated rings. The SMILES string of the molecule is C/C=C/CCNC1CC(C)(C)CC1C. The Morgan fingerprint density at radius 2 is 2.07 bits per heavy atom. The molecule has 82 valence electrons. The fourth-order valence-electron chi connectivity index (χ4n) is 2.69. The Morgan fingerprint density at radius 1 is 1.36 bits per heavy atom. The zero-order chi connectivity index (χ0) is 10.6. The number of allylic oxidation sites excluding steroid dienone is 1. The average Bonchev–Trinajstić information content (AvgIpc) is 2.34. The first kappa shape index (κ1) is 11.8. The molecule has 1 heteroatoms. The summed E-state index contributed by atoms with van der Waals surface area (Å²) in [6.07, 6.45) is 8.24. The highest BCUT2D eigenvalue weighted by Crippen LogP contribution is 2.40. The van der Waals surface area contributed by atoms with Crippen LogP contribution < -0.4 is 5.32 Å². The number of rotatable bonds is 4. The largest absolute Gasteiger partial charge is 0.313 e. The lowest BCUT2D eigenvalue weighted by Crippen LogP contribution is -2.32. The summed E-state index contributed by atoms with van der Waals surface area (Å²) in [5.74, 6) is 0.843. The third-order valence-electron chi connectivity index (χ3n) is 3.29. The maximum Gasteiger partial charge on any atom is 0.00980 e. The molecule has 1 N–H and O–H groups in total. The molecule has 2 unspecified atom stereocenters. The van der Waals surface area contributed by atoms with Gasteiger partial charge in [-0.3, -0.25) is 0 Å². The average molecular weight is 195 g/mol. The highest BCUT2D eigenvalue weighted by molar-refractivity contribution is 4.91. The van der Waals surface area contributed by atoms with E-state index in [9.17, 15) is 0 Å². The maximum absolute atomic E-state index is 3.67. The second-order valence-corrected chi connectivity index (χ2v) is 5.47. The summed E-state index contributed by atoms with van der Waals surface area (Å²) >= 11 is 0. The highest BCUT2D eigenvalue weighted by Gasteiger charge is 2.35. The van der Waals surface area contributed by atoms with Crippen molar-refractivity contribution in [2.75, 3.05) is 6.54 Å². The summed E-state index contributed by atoms with van der Waals surface area (Å²) in [6, 6.07) is 0.746. The third-order valence-corrected chi connectivity index (χ3v) is 3.29. The molecule has 1 rings (SSSR count).